The number of rotatable bonds is 2. The van der Waals surface area contributed by atoms with Crippen molar-refractivity contribution in [2.75, 3.05) is 19.0 Å². The smallest absolute Gasteiger partial charge is 0.257 e. The molecule has 1 aliphatic heterocycles. The Labute approximate surface area is 112 Å². The standard InChI is InChI=1S/C13H18ClNO3/c1-8-7-17-11(5-14)6-15(8)13(16)12-4-9(2)18-10(12)3/h4,8,11H,5-7H2,1-3H3. The maximum absolute atomic E-state index is 12.5. The summed E-state index contributed by atoms with van der Waals surface area (Å²) in [5.41, 5.74) is 0.634. The van der Waals surface area contributed by atoms with E-state index in [9.17, 15) is 4.79 Å². The molecular weight excluding hydrogens is 254 g/mol. The summed E-state index contributed by atoms with van der Waals surface area (Å²) in [5, 5.41) is 0. The minimum atomic E-state index is -0.0832. The van der Waals surface area contributed by atoms with Crippen LogP contribution in [-0.4, -0.2) is 42.0 Å². The summed E-state index contributed by atoms with van der Waals surface area (Å²) in [6, 6.07) is 1.85. The van der Waals surface area contributed by atoms with Gasteiger partial charge in [0.2, 0.25) is 0 Å². The molecule has 0 aromatic carbocycles. The van der Waals surface area contributed by atoms with E-state index in [0.29, 0.717) is 30.4 Å². The maximum atomic E-state index is 12.5. The Morgan fingerprint density at radius 2 is 2.28 bits per heavy atom. The molecule has 0 radical (unpaired) electrons. The lowest BCUT2D eigenvalue weighted by Gasteiger charge is -2.37. The number of nitrogens with zero attached hydrogens (tertiary/aromatic N) is 1. The van der Waals surface area contributed by atoms with Crippen LogP contribution >= 0.6 is 11.6 Å². The zero-order valence-electron chi connectivity index (χ0n) is 10.9. The predicted molar refractivity (Wildman–Crippen MR) is 69.1 cm³/mol. The average molecular weight is 272 g/mol. The lowest BCUT2D eigenvalue weighted by molar-refractivity contribution is -0.0372. The van der Waals surface area contributed by atoms with Gasteiger partial charge in [-0.2, -0.15) is 0 Å². The Kier molecular flexibility index (Phi) is 3.97. The minimum absolute atomic E-state index is 0.00438. The maximum Gasteiger partial charge on any atom is 0.257 e. The summed E-state index contributed by atoms with van der Waals surface area (Å²) in [6.45, 7) is 6.69. The van der Waals surface area contributed by atoms with Crippen LogP contribution in [0.4, 0.5) is 0 Å². The van der Waals surface area contributed by atoms with Crippen LogP contribution in [0.2, 0.25) is 0 Å². The molecule has 0 N–H and O–H groups in total. The summed E-state index contributed by atoms with van der Waals surface area (Å²) in [4.78, 5) is 14.3. The second-order valence-electron chi connectivity index (χ2n) is 4.74. The van der Waals surface area contributed by atoms with E-state index in [2.05, 4.69) is 0 Å². The lowest BCUT2D eigenvalue weighted by atomic mass is 10.1. The van der Waals surface area contributed by atoms with Crippen molar-refractivity contribution in [1.29, 1.82) is 0 Å². The predicted octanol–water partition coefficient (Wildman–Crippen LogP) is 2.36. The summed E-state index contributed by atoms with van der Waals surface area (Å²) >= 11 is 5.80. The fraction of sp³-hybridized carbons (Fsp3) is 0.615. The highest BCUT2D eigenvalue weighted by Crippen LogP contribution is 2.20. The van der Waals surface area contributed by atoms with Crippen LogP contribution in [0.5, 0.6) is 0 Å². The van der Waals surface area contributed by atoms with Crippen LogP contribution in [0.1, 0.15) is 28.8 Å². The van der Waals surface area contributed by atoms with Gasteiger partial charge in [0.1, 0.15) is 11.5 Å². The number of halogens is 1. The molecule has 0 spiro atoms. The van der Waals surface area contributed by atoms with E-state index in [0.717, 1.165) is 5.76 Å². The van der Waals surface area contributed by atoms with Crippen molar-refractivity contribution in [3.8, 4) is 0 Å². The number of aryl methyl sites for hydroxylation is 2. The van der Waals surface area contributed by atoms with Crippen molar-refractivity contribution in [3.05, 3.63) is 23.2 Å². The molecular formula is C13H18ClNO3. The number of hydrogen-bond donors (Lipinski definition) is 0. The van der Waals surface area contributed by atoms with Crippen molar-refractivity contribution in [1.82, 2.24) is 4.90 Å². The fourth-order valence-corrected chi connectivity index (χ4v) is 2.38. The van der Waals surface area contributed by atoms with Crippen LogP contribution in [0.15, 0.2) is 10.5 Å². The number of morpholine rings is 1. The van der Waals surface area contributed by atoms with Gasteiger partial charge in [0, 0.05) is 6.54 Å². The van der Waals surface area contributed by atoms with Crippen molar-refractivity contribution >= 4 is 17.5 Å². The fourth-order valence-electron chi connectivity index (χ4n) is 2.19. The highest BCUT2D eigenvalue weighted by Gasteiger charge is 2.31. The molecule has 2 rings (SSSR count). The molecule has 2 heterocycles. The monoisotopic (exact) mass is 271 g/mol. The van der Waals surface area contributed by atoms with E-state index >= 15 is 0 Å². The second-order valence-corrected chi connectivity index (χ2v) is 5.05. The van der Waals surface area contributed by atoms with Crippen LogP contribution in [-0.2, 0) is 4.74 Å². The van der Waals surface area contributed by atoms with Gasteiger partial charge in [-0.05, 0) is 26.8 Å². The van der Waals surface area contributed by atoms with Crippen molar-refractivity contribution in [3.63, 3.8) is 0 Å². The van der Waals surface area contributed by atoms with Crippen molar-refractivity contribution < 1.29 is 13.9 Å². The Morgan fingerprint density at radius 3 is 2.83 bits per heavy atom. The van der Waals surface area contributed by atoms with E-state index in [1.54, 1.807) is 6.07 Å². The number of carbonyl (C=O) groups is 1. The minimum Gasteiger partial charge on any atom is -0.466 e. The number of alkyl halides is 1. The molecule has 2 atom stereocenters. The molecule has 0 bridgehead atoms. The van der Waals surface area contributed by atoms with Crippen LogP contribution in [0.3, 0.4) is 0 Å². The molecule has 18 heavy (non-hydrogen) atoms. The number of carbonyl (C=O) groups excluding carboxylic acids is 1. The number of hydrogen-bond acceptors (Lipinski definition) is 3. The van der Waals surface area contributed by atoms with Gasteiger partial charge in [-0.1, -0.05) is 0 Å². The molecule has 2 unspecified atom stereocenters. The van der Waals surface area contributed by atoms with Gasteiger partial charge in [-0.3, -0.25) is 4.79 Å². The highest BCUT2D eigenvalue weighted by atomic mass is 35.5. The third-order valence-electron chi connectivity index (χ3n) is 3.21. The van der Waals surface area contributed by atoms with Crippen molar-refractivity contribution in [2.24, 2.45) is 0 Å². The molecule has 4 nitrogen and oxygen atoms in total. The molecule has 100 valence electrons. The third-order valence-corrected chi connectivity index (χ3v) is 3.55. The van der Waals surface area contributed by atoms with Gasteiger partial charge in [0.15, 0.2) is 0 Å². The van der Waals surface area contributed by atoms with E-state index < -0.39 is 0 Å². The first kappa shape index (κ1) is 13.4. The summed E-state index contributed by atoms with van der Waals surface area (Å²) in [6.07, 6.45) is -0.0832. The topological polar surface area (TPSA) is 42.7 Å². The zero-order valence-corrected chi connectivity index (χ0v) is 11.7. The van der Waals surface area contributed by atoms with Crippen LogP contribution < -0.4 is 0 Å². The van der Waals surface area contributed by atoms with Gasteiger partial charge in [0.25, 0.3) is 5.91 Å². The summed E-state index contributed by atoms with van der Waals surface area (Å²) < 4.78 is 11.0. The molecule has 1 fully saturated rings. The molecule has 1 aromatic rings. The number of amides is 1. The first-order valence-corrected chi connectivity index (χ1v) is 6.62. The summed E-state index contributed by atoms with van der Waals surface area (Å²) in [7, 11) is 0. The van der Waals surface area contributed by atoms with E-state index in [1.165, 1.54) is 0 Å². The van der Waals surface area contributed by atoms with Gasteiger partial charge in [0.05, 0.1) is 30.2 Å². The van der Waals surface area contributed by atoms with Gasteiger partial charge >= 0.3 is 0 Å². The quantitative estimate of drug-likeness (QED) is 0.776. The largest absolute Gasteiger partial charge is 0.466 e. The number of ether oxygens (including phenoxy) is 1. The Hall–Kier alpha value is -1.00. The molecule has 0 saturated carbocycles. The first-order valence-electron chi connectivity index (χ1n) is 6.08. The second kappa shape index (κ2) is 5.33. The SMILES string of the molecule is Cc1cc(C(=O)N2CC(CCl)OCC2C)c(C)o1. The van der Waals surface area contributed by atoms with Gasteiger partial charge < -0.3 is 14.1 Å². The molecule has 1 saturated heterocycles. The summed E-state index contributed by atoms with van der Waals surface area (Å²) in [5.74, 6) is 1.82. The molecule has 1 amide bonds. The highest BCUT2D eigenvalue weighted by molar-refractivity contribution is 6.18. The van der Waals surface area contributed by atoms with E-state index in [1.807, 2.05) is 25.7 Å². The normalized spacial score (nSPS) is 24.3. The van der Waals surface area contributed by atoms with Crippen LogP contribution in [0.25, 0.3) is 0 Å². The number of furan rings is 1. The first-order chi connectivity index (χ1) is 8.52. The zero-order chi connectivity index (χ0) is 13.3. The van der Waals surface area contributed by atoms with Crippen molar-refractivity contribution in [2.45, 2.75) is 32.9 Å². The lowest BCUT2D eigenvalue weighted by Crippen LogP contribution is -2.51. The van der Waals surface area contributed by atoms with E-state index in [-0.39, 0.29) is 18.1 Å². The van der Waals surface area contributed by atoms with E-state index in [4.69, 9.17) is 20.8 Å². The third kappa shape index (κ3) is 2.54. The average Bonchev–Trinajstić information content (AvgIpc) is 2.68. The molecule has 1 aliphatic rings. The Balaban J connectivity index is 2.19. The molecule has 1 aromatic heterocycles. The van der Waals surface area contributed by atoms with Gasteiger partial charge in [-0.15, -0.1) is 11.6 Å². The molecule has 0 aliphatic carbocycles. The van der Waals surface area contributed by atoms with Crippen LogP contribution in [0, 0.1) is 13.8 Å². The Morgan fingerprint density at radius 1 is 1.56 bits per heavy atom. The molecule has 5 heteroatoms. The Bertz CT molecular complexity index is 443. The van der Waals surface area contributed by atoms with Gasteiger partial charge in [-0.25, -0.2) is 0 Å².